The van der Waals surface area contributed by atoms with E-state index in [1.54, 1.807) is 7.11 Å². The maximum atomic E-state index is 12.5. The molecule has 0 radical (unpaired) electrons. The second-order valence-electron chi connectivity index (χ2n) is 7.84. The van der Waals surface area contributed by atoms with Crippen LogP contribution in [0.3, 0.4) is 0 Å². The number of fused-ring (bicyclic) bond motifs is 1. The molecule has 0 atom stereocenters. The van der Waals surface area contributed by atoms with Crippen molar-refractivity contribution in [3.05, 3.63) is 69.3 Å². The molecule has 32 heavy (non-hydrogen) atoms. The minimum absolute atomic E-state index is 0.125. The summed E-state index contributed by atoms with van der Waals surface area (Å²) in [5.41, 5.74) is 1.47. The van der Waals surface area contributed by atoms with Gasteiger partial charge in [0.1, 0.15) is 5.75 Å². The number of nitro groups is 1. The summed E-state index contributed by atoms with van der Waals surface area (Å²) in [5, 5.41) is 10.9. The number of hydrogen-bond donors (Lipinski definition) is 0. The monoisotopic (exact) mass is 439 g/mol. The number of amides is 2. The van der Waals surface area contributed by atoms with Crippen molar-refractivity contribution in [3.8, 4) is 5.75 Å². The highest BCUT2D eigenvalue weighted by atomic mass is 16.6. The van der Waals surface area contributed by atoms with E-state index in [1.807, 2.05) is 12.1 Å². The fourth-order valence-corrected chi connectivity index (χ4v) is 3.88. The summed E-state index contributed by atoms with van der Waals surface area (Å²) in [4.78, 5) is 39.0. The number of nitro benzene ring substituents is 1. The smallest absolute Gasteiger partial charge is 0.270 e. The lowest BCUT2D eigenvalue weighted by Crippen LogP contribution is -2.31. The molecule has 2 aromatic carbocycles. The van der Waals surface area contributed by atoms with E-state index in [1.165, 1.54) is 28.7 Å². The number of non-ortho nitro benzene ring substituents is 1. The minimum atomic E-state index is -0.561. The second kappa shape index (κ2) is 10.9. The molecule has 170 valence electrons. The Labute approximate surface area is 187 Å². The number of ether oxygens (including phenoxy) is 1. The van der Waals surface area contributed by atoms with Gasteiger partial charge in [-0.1, -0.05) is 25.5 Å². The van der Waals surface area contributed by atoms with Gasteiger partial charge in [-0.05, 0) is 56.1 Å². The van der Waals surface area contributed by atoms with E-state index in [0.29, 0.717) is 13.0 Å². The Kier molecular flexibility index (Phi) is 7.94. The summed E-state index contributed by atoms with van der Waals surface area (Å²) in [5.74, 6) is 0.0512. The van der Waals surface area contributed by atoms with Crippen molar-refractivity contribution in [2.45, 2.75) is 32.6 Å². The first-order chi connectivity index (χ1) is 15.4. The molecule has 0 unspecified atom stereocenters. The molecule has 0 aromatic heterocycles. The Hall–Kier alpha value is -3.26. The normalized spacial score (nSPS) is 13.0. The van der Waals surface area contributed by atoms with Gasteiger partial charge in [-0.25, -0.2) is 0 Å². The Morgan fingerprint density at radius 2 is 1.69 bits per heavy atom. The summed E-state index contributed by atoms with van der Waals surface area (Å²) >= 11 is 0. The van der Waals surface area contributed by atoms with Crippen LogP contribution in [-0.4, -0.2) is 59.8 Å². The zero-order chi connectivity index (χ0) is 23.1. The largest absolute Gasteiger partial charge is 0.497 e. The number of carbonyl (C=O) groups is 2. The molecule has 1 aliphatic rings. The number of benzene rings is 2. The van der Waals surface area contributed by atoms with Gasteiger partial charge in [0.05, 0.1) is 23.2 Å². The van der Waals surface area contributed by atoms with Gasteiger partial charge in [-0.15, -0.1) is 0 Å². The lowest BCUT2D eigenvalue weighted by Gasteiger charge is -2.20. The van der Waals surface area contributed by atoms with E-state index in [4.69, 9.17) is 4.74 Å². The number of likely N-dealkylation sites (N-methyl/N-ethyl adjacent to an activating group) is 1. The molecule has 2 aromatic rings. The first-order valence-electron chi connectivity index (χ1n) is 10.9. The topological polar surface area (TPSA) is 93.0 Å². The molecular weight excluding hydrogens is 410 g/mol. The van der Waals surface area contributed by atoms with Gasteiger partial charge in [-0.2, -0.15) is 0 Å². The van der Waals surface area contributed by atoms with Gasteiger partial charge in [-0.3, -0.25) is 24.6 Å². The van der Waals surface area contributed by atoms with Crippen LogP contribution in [0.4, 0.5) is 5.69 Å². The number of imide groups is 1. The maximum Gasteiger partial charge on any atom is 0.270 e. The number of carbonyl (C=O) groups excluding carboxylic acids is 2. The lowest BCUT2D eigenvalue weighted by atomic mass is 10.1. The van der Waals surface area contributed by atoms with Crippen molar-refractivity contribution in [2.75, 3.05) is 33.3 Å². The molecule has 0 aliphatic carbocycles. The molecule has 8 nitrogen and oxygen atoms in total. The van der Waals surface area contributed by atoms with Crippen molar-refractivity contribution in [3.63, 3.8) is 0 Å². The highest BCUT2D eigenvalue weighted by Crippen LogP contribution is 2.27. The lowest BCUT2D eigenvalue weighted by molar-refractivity contribution is -0.384. The van der Waals surface area contributed by atoms with Crippen molar-refractivity contribution in [1.82, 2.24) is 9.80 Å². The third-order valence-electron chi connectivity index (χ3n) is 5.84. The summed E-state index contributed by atoms with van der Waals surface area (Å²) in [6.07, 6.45) is 3.56. The van der Waals surface area contributed by atoms with Gasteiger partial charge >= 0.3 is 0 Å². The second-order valence-corrected chi connectivity index (χ2v) is 7.84. The molecule has 1 aliphatic heterocycles. The summed E-state index contributed by atoms with van der Waals surface area (Å²) < 4.78 is 5.19. The van der Waals surface area contributed by atoms with Gasteiger partial charge in [0.15, 0.2) is 0 Å². The van der Waals surface area contributed by atoms with Crippen molar-refractivity contribution in [1.29, 1.82) is 0 Å². The molecule has 0 bridgehead atoms. The van der Waals surface area contributed by atoms with Crippen LogP contribution in [0.5, 0.6) is 5.75 Å². The fraction of sp³-hybridized carbons (Fsp3) is 0.417. The number of nitrogens with zero attached hydrogens (tertiary/aromatic N) is 3. The standard InChI is InChI=1S/C24H29N3O5/c1-3-25(16-13-18-7-10-20(32-2)11-8-18)14-5-4-6-15-26-23(28)21-12-9-19(27(30)31)17-22(21)24(26)29/h7-12,17H,3-6,13-16H2,1-2H3. The number of unbranched alkanes of at least 4 members (excludes halogenated alkanes) is 2. The number of rotatable bonds is 12. The molecule has 0 N–H and O–H groups in total. The third-order valence-corrected chi connectivity index (χ3v) is 5.84. The molecule has 1 heterocycles. The van der Waals surface area contributed by atoms with Crippen molar-refractivity contribution < 1.29 is 19.2 Å². The van der Waals surface area contributed by atoms with Crippen LogP contribution < -0.4 is 4.74 Å². The van der Waals surface area contributed by atoms with E-state index in [2.05, 4.69) is 24.0 Å². The average Bonchev–Trinajstić information content (AvgIpc) is 3.05. The third kappa shape index (κ3) is 5.50. The highest BCUT2D eigenvalue weighted by molar-refractivity contribution is 6.21. The van der Waals surface area contributed by atoms with Gasteiger partial charge in [0.2, 0.25) is 0 Å². The van der Waals surface area contributed by atoms with Crippen LogP contribution in [-0.2, 0) is 6.42 Å². The number of hydrogen-bond acceptors (Lipinski definition) is 6. The minimum Gasteiger partial charge on any atom is -0.497 e. The zero-order valence-corrected chi connectivity index (χ0v) is 18.6. The Morgan fingerprint density at radius 3 is 2.34 bits per heavy atom. The molecule has 0 saturated heterocycles. The molecule has 2 amide bonds. The molecule has 3 rings (SSSR count). The Morgan fingerprint density at radius 1 is 0.969 bits per heavy atom. The fourth-order valence-electron chi connectivity index (χ4n) is 3.88. The van der Waals surface area contributed by atoms with E-state index in [0.717, 1.165) is 44.6 Å². The van der Waals surface area contributed by atoms with Crippen molar-refractivity contribution in [2.24, 2.45) is 0 Å². The maximum absolute atomic E-state index is 12.5. The summed E-state index contributed by atoms with van der Waals surface area (Å²) in [7, 11) is 1.66. The van der Waals surface area contributed by atoms with E-state index in [9.17, 15) is 19.7 Å². The van der Waals surface area contributed by atoms with E-state index >= 15 is 0 Å². The van der Waals surface area contributed by atoms with E-state index < -0.39 is 10.8 Å². The predicted octanol–water partition coefficient (Wildman–Crippen LogP) is 3.93. The molecule has 8 heteroatoms. The van der Waals surface area contributed by atoms with Crippen LogP contribution in [0.15, 0.2) is 42.5 Å². The van der Waals surface area contributed by atoms with Crippen molar-refractivity contribution >= 4 is 17.5 Å². The van der Waals surface area contributed by atoms with Crippen LogP contribution in [0.2, 0.25) is 0 Å². The quantitative estimate of drug-likeness (QED) is 0.215. The highest BCUT2D eigenvalue weighted by Gasteiger charge is 2.36. The van der Waals surface area contributed by atoms with Crippen LogP contribution in [0.25, 0.3) is 0 Å². The molecule has 0 fully saturated rings. The van der Waals surface area contributed by atoms with Crippen LogP contribution >= 0.6 is 0 Å². The molecule has 0 saturated carbocycles. The SMILES string of the molecule is CCN(CCCCCN1C(=O)c2ccc([N+](=O)[O-])cc2C1=O)CCc1ccc(OC)cc1. The van der Waals surface area contributed by atoms with Crippen LogP contribution in [0.1, 0.15) is 52.5 Å². The predicted molar refractivity (Wildman–Crippen MR) is 121 cm³/mol. The Bertz CT molecular complexity index is 974. The van der Waals surface area contributed by atoms with Crippen LogP contribution in [0, 0.1) is 10.1 Å². The molecule has 0 spiro atoms. The average molecular weight is 440 g/mol. The van der Waals surface area contributed by atoms with Gasteiger partial charge < -0.3 is 9.64 Å². The van der Waals surface area contributed by atoms with Gasteiger partial charge in [0.25, 0.3) is 17.5 Å². The number of methoxy groups -OCH3 is 1. The molecular formula is C24H29N3O5. The zero-order valence-electron chi connectivity index (χ0n) is 18.6. The first kappa shape index (κ1) is 23.4. The summed E-state index contributed by atoms with van der Waals surface area (Å²) in [6, 6.07) is 11.9. The Balaban J connectivity index is 1.41. The van der Waals surface area contributed by atoms with E-state index in [-0.39, 0.29) is 22.7 Å². The summed E-state index contributed by atoms with van der Waals surface area (Å²) in [6.45, 7) is 5.37. The van der Waals surface area contributed by atoms with Gasteiger partial charge in [0, 0.05) is 25.2 Å². The first-order valence-corrected chi connectivity index (χ1v) is 10.9.